The zero-order valence-corrected chi connectivity index (χ0v) is 12.8. The molecule has 3 atom stereocenters. The summed E-state index contributed by atoms with van der Waals surface area (Å²) in [6, 6.07) is 5.51. The summed E-state index contributed by atoms with van der Waals surface area (Å²) in [4.78, 5) is 16.6. The van der Waals surface area contributed by atoms with E-state index in [-0.39, 0.29) is 23.7 Å². The predicted octanol–water partition coefficient (Wildman–Crippen LogP) is 1.85. The number of carbonyl (C=O) groups is 1. The summed E-state index contributed by atoms with van der Waals surface area (Å²) in [7, 11) is 0. The van der Waals surface area contributed by atoms with Gasteiger partial charge in [0.15, 0.2) is 5.82 Å². The van der Waals surface area contributed by atoms with Gasteiger partial charge in [-0.05, 0) is 25.3 Å². The molecule has 1 aliphatic rings. The Morgan fingerprint density at radius 2 is 2.22 bits per heavy atom. The normalized spacial score (nSPS) is 22.0. The van der Waals surface area contributed by atoms with Gasteiger partial charge in [-0.1, -0.05) is 23.4 Å². The Kier molecular flexibility index (Phi) is 4.38. The maximum absolute atomic E-state index is 14.2. The molecule has 0 spiro atoms. The maximum Gasteiger partial charge on any atom is 0.224 e. The van der Waals surface area contributed by atoms with Crippen molar-refractivity contribution in [1.29, 1.82) is 0 Å². The monoisotopic (exact) mass is 318 g/mol. The minimum atomic E-state index is -0.780. The fraction of sp³-hybridized carbons (Fsp3) is 0.438. The summed E-state index contributed by atoms with van der Waals surface area (Å²) in [5.74, 6) is -0.147. The molecule has 6 nitrogen and oxygen atoms in total. The number of amides is 1. The molecule has 0 unspecified atom stereocenters. The largest absolute Gasteiger partial charge is 0.342 e. The van der Waals surface area contributed by atoms with E-state index in [1.165, 1.54) is 6.07 Å². The van der Waals surface area contributed by atoms with E-state index in [9.17, 15) is 9.18 Å². The lowest BCUT2D eigenvalue weighted by Crippen LogP contribution is -2.35. The van der Waals surface area contributed by atoms with Gasteiger partial charge in [-0.3, -0.25) is 4.79 Å². The Morgan fingerprint density at radius 1 is 1.43 bits per heavy atom. The first-order valence-corrected chi connectivity index (χ1v) is 7.65. The Bertz CT molecular complexity index is 703. The Hall–Kier alpha value is -2.28. The molecule has 1 fully saturated rings. The number of nitrogens with two attached hydrogens (primary N) is 1. The van der Waals surface area contributed by atoms with Crippen LogP contribution in [0.3, 0.4) is 0 Å². The molecule has 1 aromatic carbocycles. The number of rotatable bonds is 4. The highest BCUT2D eigenvalue weighted by molar-refractivity contribution is 5.79. The standard InChI is InChI=1S/C16H19FN4O2/c1-9-19-15(21-23-9)14(12-4-2-3-5-13(12)17)20-16(22)10-6-7-11(18)8-10/h2-5,10-11,14H,6-8,18H2,1H3,(H,20,22)/t10-,11-,14-/m1/s1. The predicted molar refractivity (Wildman–Crippen MR) is 80.7 cm³/mol. The van der Waals surface area contributed by atoms with Gasteiger partial charge in [0, 0.05) is 24.4 Å². The van der Waals surface area contributed by atoms with Crippen LogP contribution >= 0.6 is 0 Å². The molecule has 0 radical (unpaired) electrons. The Labute approximate surface area is 133 Å². The average Bonchev–Trinajstić information content (AvgIpc) is 3.14. The van der Waals surface area contributed by atoms with Crippen LogP contribution in [0.2, 0.25) is 0 Å². The highest BCUT2D eigenvalue weighted by atomic mass is 19.1. The summed E-state index contributed by atoms with van der Waals surface area (Å²) in [6.07, 6.45) is 2.20. The van der Waals surface area contributed by atoms with Crippen LogP contribution < -0.4 is 11.1 Å². The van der Waals surface area contributed by atoms with E-state index in [0.717, 1.165) is 12.8 Å². The molecule has 0 saturated heterocycles. The molecule has 0 aliphatic heterocycles. The third kappa shape index (κ3) is 3.39. The number of nitrogens with zero attached hydrogens (tertiary/aromatic N) is 2. The summed E-state index contributed by atoms with van der Waals surface area (Å²) in [6.45, 7) is 1.65. The van der Waals surface area contributed by atoms with Crippen LogP contribution in [0, 0.1) is 18.7 Å². The van der Waals surface area contributed by atoms with Gasteiger partial charge in [-0.15, -0.1) is 0 Å². The highest BCUT2D eigenvalue weighted by Crippen LogP contribution is 2.27. The van der Waals surface area contributed by atoms with Crippen LogP contribution in [-0.4, -0.2) is 22.1 Å². The number of nitrogens with one attached hydrogen (secondary N) is 1. The van der Waals surface area contributed by atoms with Crippen molar-refractivity contribution in [2.75, 3.05) is 0 Å². The van der Waals surface area contributed by atoms with Crippen molar-refractivity contribution >= 4 is 5.91 Å². The summed E-state index contributed by atoms with van der Waals surface area (Å²) >= 11 is 0. The zero-order chi connectivity index (χ0) is 16.4. The highest BCUT2D eigenvalue weighted by Gasteiger charge is 2.31. The molecular formula is C16H19FN4O2. The molecule has 2 aromatic rings. The SMILES string of the molecule is Cc1nc([C@H](NC(=O)[C@@H]2CC[C@@H](N)C2)c2ccccc2F)no1. The number of hydrogen-bond donors (Lipinski definition) is 2. The lowest BCUT2D eigenvalue weighted by Gasteiger charge is -2.19. The van der Waals surface area contributed by atoms with Crippen molar-refractivity contribution < 1.29 is 13.7 Å². The number of benzene rings is 1. The molecule has 1 amide bonds. The van der Waals surface area contributed by atoms with E-state index < -0.39 is 11.9 Å². The van der Waals surface area contributed by atoms with Crippen LogP contribution in [-0.2, 0) is 4.79 Å². The molecule has 0 bridgehead atoms. The zero-order valence-electron chi connectivity index (χ0n) is 12.8. The third-order valence-corrected chi connectivity index (χ3v) is 4.15. The van der Waals surface area contributed by atoms with Crippen LogP contribution in [0.4, 0.5) is 4.39 Å². The van der Waals surface area contributed by atoms with E-state index in [1.807, 2.05) is 0 Å². The lowest BCUT2D eigenvalue weighted by molar-refractivity contribution is -0.125. The van der Waals surface area contributed by atoms with Gasteiger partial charge >= 0.3 is 0 Å². The molecular weight excluding hydrogens is 299 g/mol. The quantitative estimate of drug-likeness (QED) is 0.897. The van der Waals surface area contributed by atoms with E-state index in [1.54, 1.807) is 25.1 Å². The number of hydrogen-bond acceptors (Lipinski definition) is 5. The summed E-state index contributed by atoms with van der Waals surface area (Å²) in [5, 5.41) is 6.68. The van der Waals surface area contributed by atoms with Gasteiger partial charge < -0.3 is 15.6 Å². The van der Waals surface area contributed by atoms with Crippen LogP contribution in [0.1, 0.15) is 42.6 Å². The molecule has 23 heavy (non-hydrogen) atoms. The molecule has 7 heteroatoms. The first kappa shape index (κ1) is 15.6. The Balaban J connectivity index is 1.87. The molecule has 122 valence electrons. The maximum atomic E-state index is 14.2. The number of aromatic nitrogens is 2. The van der Waals surface area contributed by atoms with Gasteiger partial charge in [0.2, 0.25) is 11.8 Å². The van der Waals surface area contributed by atoms with Crippen LogP contribution in [0.25, 0.3) is 0 Å². The van der Waals surface area contributed by atoms with E-state index in [4.69, 9.17) is 10.3 Å². The first-order chi connectivity index (χ1) is 11.0. The molecule has 1 aliphatic carbocycles. The summed E-state index contributed by atoms with van der Waals surface area (Å²) < 4.78 is 19.1. The van der Waals surface area contributed by atoms with Gasteiger partial charge in [0.25, 0.3) is 0 Å². The third-order valence-electron chi connectivity index (χ3n) is 4.15. The van der Waals surface area contributed by atoms with Gasteiger partial charge in [0.1, 0.15) is 11.9 Å². The topological polar surface area (TPSA) is 94.0 Å². The van der Waals surface area contributed by atoms with Crippen molar-refractivity contribution in [3.63, 3.8) is 0 Å². The van der Waals surface area contributed by atoms with E-state index in [0.29, 0.717) is 17.9 Å². The van der Waals surface area contributed by atoms with Gasteiger partial charge in [-0.2, -0.15) is 4.98 Å². The van der Waals surface area contributed by atoms with Crippen molar-refractivity contribution in [1.82, 2.24) is 15.5 Å². The summed E-state index contributed by atoms with van der Waals surface area (Å²) in [5.41, 5.74) is 6.17. The van der Waals surface area contributed by atoms with E-state index >= 15 is 0 Å². The van der Waals surface area contributed by atoms with Gasteiger partial charge in [0.05, 0.1) is 0 Å². The molecule has 1 heterocycles. The number of aryl methyl sites for hydroxylation is 1. The lowest BCUT2D eigenvalue weighted by atomic mass is 10.0. The minimum absolute atomic E-state index is 0.0464. The fourth-order valence-electron chi connectivity index (χ4n) is 2.94. The molecule has 1 aromatic heterocycles. The molecule has 3 rings (SSSR count). The fourth-order valence-corrected chi connectivity index (χ4v) is 2.94. The van der Waals surface area contributed by atoms with Gasteiger partial charge in [-0.25, -0.2) is 4.39 Å². The smallest absolute Gasteiger partial charge is 0.224 e. The number of halogens is 1. The van der Waals surface area contributed by atoms with Crippen molar-refractivity contribution in [2.24, 2.45) is 11.7 Å². The van der Waals surface area contributed by atoms with E-state index in [2.05, 4.69) is 15.5 Å². The number of carbonyl (C=O) groups excluding carboxylic acids is 1. The van der Waals surface area contributed by atoms with Crippen LogP contribution in [0.15, 0.2) is 28.8 Å². The minimum Gasteiger partial charge on any atom is -0.342 e. The first-order valence-electron chi connectivity index (χ1n) is 7.65. The second kappa shape index (κ2) is 6.45. The van der Waals surface area contributed by atoms with Crippen molar-refractivity contribution in [3.8, 4) is 0 Å². The van der Waals surface area contributed by atoms with Crippen molar-refractivity contribution in [2.45, 2.75) is 38.3 Å². The second-order valence-electron chi connectivity index (χ2n) is 5.90. The average molecular weight is 318 g/mol. The Morgan fingerprint density at radius 3 is 2.83 bits per heavy atom. The van der Waals surface area contributed by atoms with Crippen molar-refractivity contribution in [3.05, 3.63) is 47.4 Å². The second-order valence-corrected chi connectivity index (χ2v) is 5.90. The molecule has 1 saturated carbocycles. The van der Waals surface area contributed by atoms with Crippen LogP contribution in [0.5, 0.6) is 0 Å². The molecule has 3 N–H and O–H groups in total.